The van der Waals surface area contributed by atoms with E-state index in [0.29, 0.717) is 13.0 Å². The highest BCUT2D eigenvalue weighted by Gasteiger charge is 2.22. The predicted molar refractivity (Wildman–Crippen MR) is 48.4 cm³/mol. The van der Waals surface area contributed by atoms with Gasteiger partial charge >= 0.3 is 0 Å². The molecule has 0 N–H and O–H groups in total. The number of hydrogen-bond donors (Lipinski definition) is 0. The fraction of sp³-hybridized carbons (Fsp3) is 0.400. The van der Waals surface area contributed by atoms with Crippen LogP contribution in [0.2, 0.25) is 0 Å². The Morgan fingerprint density at radius 2 is 2.25 bits per heavy atom. The van der Waals surface area contributed by atoms with Crippen molar-refractivity contribution >= 4 is 5.91 Å². The van der Waals surface area contributed by atoms with E-state index < -0.39 is 0 Å². The molecule has 0 aromatic carbocycles. The van der Waals surface area contributed by atoms with E-state index in [0.717, 1.165) is 17.7 Å². The van der Waals surface area contributed by atoms with Crippen molar-refractivity contribution in [1.29, 1.82) is 0 Å². The summed E-state index contributed by atoms with van der Waals surface area (Å²) in [5.74, 6) is 0.154. The summed E-state index contributed by atoms with van der Waals surface area (Å²) in [4.78, 5) is 13.0. The molecule has 0 aromatic heterocycles. The summed E-state index contributed by atoms with van der Waals surface area (Å²) >= 11 is 0. The Hall–Kier alpha value is -1.27. The van der Waals surface area contributed by atoms with Crippen molar-refractivity contribution in [3.05, 3.63) is 30.2 Å². The Balaban J connectivity index is 2.92. The van der Waals surface area contributed by atoms with Crippen LogP contribution < -0.4 is 0 Å². The minimum Gasteiger partial charge on any atom is -0.312 e. The van der Waals surface area contributed by atoms with Gasteiger partial charge in [0.15, 0.2) is 0 Å². The topological polar surface area (TPSA) is 20.3 Å². The molecule has 1 amide bonds. The van der Waals surface area contributed by atoms with E-state index in [1.807, 2.05) is 6.92 Å². The number of likely N-dealkylation sites (N-methyl/N-ethyl adjacent to an activating group) is 1. The lowest BCUT2D eigenvalue weighted by Gasteiger charge is -2.28. The van der Waals surface area contributed by atoms with Gasteiger partial charge in [-0.05, 0) is 13.3 Å². The van der Waals surface area contributed by atoms with Crippen LogP contribution in [0.3, 0.4) is 0 Å². The highest BCUT2D eigenvalue weighted by atomic mass is 16.2. The highest BCUT2D eigenvalue weighted by Crippen LogP contribution is 2.24. The maximum Gasteiger partial charge on any atom is 0.227 e. The van der Waals surface area contributed by atoms with Gasteiger partial charge in [-0.2, -0.15) is 0 Å². The quantitative estimate of drug-likeness (QED) is 0.540. The second kappa shape index (κ2) is 3.42. The van der Waals surface area contributed by atoms with Crippen molar-refractivity contribution < 1.29 is 4.79 Å². The molecule has 2 heteroatoms. The molecular formula is C10H13NO. The summed E-state index contributed by atoms with van der Waals surface area (Å²) in [6.45, 7) is 10.0. The molecule has 0 spiro atoms. The van der Waals surface area contributed by atoms with Crippen LogP contribution in [0.5, 0.6) is 0 Å². The number of amides is 1. The zero-order chi connectivity index (χ0) is 9.14. The summed E-state index contributed by atoms with van der Waals surface area (Å²) in [5.41, 5.74) is 4.55. The third kappa shape index (κ3) is 1.34. The van der Waals surface area contributed by atoms with Crippen molar-refractivity contribution in [2.45, 2.75) is 19.8 Å². The number of allylic oxidation sites excluding steroid dienone is 1. The lowest BCUT2D eigenvalue weighted by molar-refractivity contribution is -0.129. The first-order valence-electron chi connectivity index (χ1n) is 4.09. The third-order valence-electron chi connectivity index (χ3n) is 2.09. The number of nitrogens with zero attached hydrogens (tertiary/aromatic N) is 1. The maximum atomic E-state index is 11.3. The van der Waals surface area contributed by atoms with Crippen LogP contribution in [0.15, 0.2) is 30.2 Å². The molecule has 0 saturated carbocycles. The summed E-state index contributed by atoms with van der Waals surface area (Å²) in [5, 5.41) is 0. The van der Waals surface area contributed by atoms with Gasteiger partial charge in [0.05, 0.1) is 0 Å². The summed E-state index contributed by atoms with van der Waals surface area (Å²) in [6, 6.07) is 0. The lowest BCUT2D eigenvalue weighted by Crippen LogP contribution is -2.33. The Kier molecular flexibility index (Phi) is 2.51. The van der Waals surface area contributed by atoms with Gasteiger partial charge in [-0.1, -0.05) is 13.2 Å². The van der Waals surface area contributed by atoms with Gasteiger partial charge in [0.1, 0.15) is 0 Å². The lowest BCUT2D eigenvalue weighted by atomic mass is 10.0. The van der Waals surface area contributed by atoms with Crippen LogP contribution >= 0.6 is 0 Å². The number of rotatable bonds is 1. The van der Waals surface area contributed by atoms with Crippen molar-refractivity contribution in [3.63, 3.8) is 0 Å². The zero-order valence-electron chi connectivity index (χ0n) is 7.39. The SMILES string of the molecule is C=C=C1CCC(=O)N(CC)C1=C. The second-order valence-electron chi connectivity index (χ2n) is 2.74. The van der Waals surface area contributed by atoms with E-state index in [1.54, 1.807) is 4.90 Å². The van der Waals surface area contributed by atoms with Gasteiger partial charge in [-0.25, -0.2) is 0 Å². The molecule has 1 aliphatic rings. The van der Waals surface area contributed by atoms with Crippen LogP contribution in [0.1, 0.15) is 19.8 Å². The Morgan fingerprint density at radius 1 is 1.58 bits per heavy atom. The largest absolute Gasteiger partial charge is 0.312 e. The molecule has 0 atom stereocenters. The Labute approximate surface area is 72.9 Å². The molecule has 12 heavy (non-hydrogen) atoms. The number of piperidine rings is 1. The summed E-state index contributed by atoms with van der Waals surface area (Å²) in [7, 11) is 0. The Bertz CT molecular complexity index is 272. The summed E-state index contributed by atoms with van der Waals surface area (Å²) < 4.78 is 0. The third-order valence-corrected chi connectivity index (χ3v) is 2.09. The zero-order valence-corrected chi connectivity index (χ0v) is 7.39. The van der Waals surface area contributed by atoms with Crippen LogP contribution in [0.25, 0.3) is 0 Å². The van der Waals surface area contributed by atoms with Gasteiger partial charge in [0.2, 0.25) is 5.91 Å². The fourth-order valence-electron chi connectivity index (χ4n) is 1.38. The normalized spacial score (nSPS) is 18.1. The average Bonchev–Trinajstić information content (AvgIpc) is 2.06. The van der Waals surface area contributed by atoms with E-state index in [9.17, 15) is 4.79 Å². The molecule has 1 saturated heterocycles. The summed E-state index contributed by atoms with van der Waals surface area (Å²) in [6.07, 6.45) is 1.29. The standard InChI is InChI=1S/C10H13NO/c1-4-9-6-7-10(12)11(5-2)8(9)3/h1,3,5-7H2,2H3. The van der Waals surface area contributed by atoms with Crippen molar-refractivity contribution in [1.82, 2.24) is 4.90 Å². The minimum atomic E-state index is 0.154. The molecule has 0 unspecified atom stereocenters. The molecule has 2 nitrogen and oxygen atoms in total. The van der Waals surface area contributed by atoms with Crippen LogP contribution in [-0.2, 0) is 4.79 Å². The molecule has 1 fully saturated rings. The monoisotopic (exact) mass is 163 g/mol. The smallest absolute Gasteiger partial charge is 0.227 e. The maximum absolute atomic E-state index is 11.3. The van der Waals surface area contributed by atoms with Gasteiger partial charge in [-0.3, -0.25) is 4.79 Å². The second-order valence-corrected chi connectivity index (χ2v) is 2.74. The molecule has 0 aliphatic carbocycles. The van der Waals surface area contributed by atoms with Gasteiger partial charge in [-0.15, -0.1) is 5.73 Å². The predicted octanol–water partition coefficient (Wildman–Crippen LogP) is 1.85. The highest BCUT2D eigenvalue weighted by molar-refractivity contribution is 5.81. The average molecular weight is 163 g/mol. The van der Waals surface area contributed by atoms with E-state index in [1.165, 1.54) is 0 Å². The van der Waals surface area contributed by atoms with E-state index in [-0.39, 0.29) is 5.91 Å². The van der Waals surface area contributed by atoms with Crippen LogP contribution in [0.4, 0.5) is 0 Å². The molecular weight excluding hydrogens is 150 g/mol. The van der Waals surface area contributed by atoms with E-state index in [4.69, 9.17) is 0 Å². The number of carbonyl (C=O) groups is 1. The first-order chi connectivity index (χ1) is 5.70. The molecule has 0 bridgehead atoms. The van der Waals surface area contributed by atoms with E-state index in [2.05, 4.69) is 18.9 Å². The Morgan fingerprint density at radius 3 is 2.75 bits per heavy atom. The van der Waals surface area contributed by atoms with Gasteiger partial charge in [0.25, 0.3) is 0 Å². The molecule has 1 heterocycles. The number of likely N-dealkylation sites (tertiary alicyclic amines) is 1. The molecule has 0 aromatic rings. The van der Waals surface area contributed by atoms with Crippen LogP contribution in [-0.4, -0.2) is 17.4 Å². The molecule has 64 valence electrons. The van der Waals surface area contributed by atoms with Crippen molar-refractivity contribution in [3.8, 4) is 0 Å². The van der Waals surface area contributed by atoms with Crippen molar-refractivity contribution in [2.75, 3.05) is 6.54 Å². The fourth-order valence-corrected chi connectivity index (χ4v) is 1.38. The van der Waals surface area contributed by atoms with Gasteiger partial charge in [0, 0.05) is 24.2 Å². The first-order valence-corrected chi connectivity index (χ1v) is 4.09. The minimum absolute atomic E-state index is 0.154. The number of carbonyl (C=O) groups excluding carboxylic acids is 1. The number of hydrogen-bond acceptors (Lipinski definition) is 1. The molecule has 1 rings (SSSR count). The molecule has 1 aliphatic heterocycles. The first kappa shape index (κ1) is 8.82. The van der Waals surface area contributed by atoms with Crippen molar-refractivity contribution in [2.24, 2.45) is 0 Å². The van der Waals surface area contributed by atoms with Gasteiger partial charge < -0.3 is 4.90 Å². The van der Waals surface area contributed by atoms with Crippen LogP contribution in [0, 0.1) is 0 Å². The van der Waals surface area contributed by atoms with E-state index >= 15 is 0 Å². The molecule has 0 radical (unpaired) electrons.